The monoisotopic (exact) mass is 296 g/mol. The lowest BCUT2D eigenvalue weighted by molar-refractivity contribution is -0.137. The van der Waals surface area contributed by atoms with Gasteiger partial charge in [-0.25, -0.2) is 0 Å². The van der Waals surface area contributed by atoms with Crippen LogP contribution >= 0.6 is 11.9 Å². The number of carbonyl (C=O) groups excluding carboxylic acids is 2. The van der Waals surface area contributed by atoms with Crippen LogP contribution in [0.3, 0.4) is 0 Å². The van der Waals surface area contributed by atoms with Crippen LogP contribution in [-0.4, -0.2) is 37.2 Å². The Labute approximate surface area is 123 Å². The van der Waals surface area contributed by atoms with Gasteiger partial charge in [0, 0.05) is 17.3 Å². The molecular formula is C14H20N2O3S. The molecule has 0 aliphatic carbocycles. The molecule has 5 nitrogen and oxygen atoms in total. The van der Waals surface area contributed by atoms with Crippen molar-refractivity contribution in [2.24, 2.45) is 0 Å². The van der Waals surface area contributed by atoms with Crippen LogP contribution in [0.25, 0.3) is 0 Å². The number of rotatable bonds is 8. The number of Topliss-reactive ketones (excluding diaryl/α,β-unsaturated/α-hetero) is 1. The first kappa shape index (κ1) is 16.5. The van der Waals surface area contributed by atoms with E-state index in [-0.39, 0.29) is 23.5 Å². The molecule has 0 spiro atoms. The van der Waals surface area contributed by atoms with Crippen molar-refractivity contribution >= 4 is 29.4 Å². The second-order valence-corrected chi connectivity index (χ2v) is 5.28. The van der Waals surface area contributed by atoms with Gasteiger partial charge in [0.05, 0.1) is 13.7 Å². The highest BCUT2D eigenvalue weighted by Crippen LogP contribution is 2.14. The minimum atomic E-state index is -0.283. The van der Waals surface area contributed by atoms with E-state index in [9.17, 15) is 9.59 Å². The number of methoxy groups -OCH3 is 1. The van der Waals surface area contributed by atoms with Gasteiger partial charge in [0.2, 0.25) is 0 Å². The molecular weight excluding hydrogens is 276 g/mol. The molecule has 0 fully saturated rings. The lowest BCUT2D eigenvalue weighted by Gasteiger charge is -2.08. The highest BCUT2D eigenvalue weighted by Gasteiger charge is 2.06. The second-order valence-electron chi connectivity index (χ2n) is 4.50. The molecule has 1 rings (SSSR count). The van der Waals surface area contributed by atoms with Gasteiger partial charge in [0.1, 0.15) is 5.75 Å². The fraction of sp³-hybridized carbons (Fsp3) is 0.429. The van der Waals surface area contributed by atoms with Gasteiger partial charge >= 0.3 is 5.97 Å². The second kappa shape index (κ2) is 8.60. The van der Waals surface area contributed by atoms with Crippen LogP contribution in [0.15, 0.2) is 24.3 Å². The van der Waals surface area contributed by atoms with Crippen molar-refractivity contribution in [2.45, 2.75) is 19.9 Å². The number of anilines is 1. The Morgan fingerprint density at radius 2 is 1.90 bits per heavy atom. The number of benzene rings is 1. The Bertz CT molecular complexity index is 446. The molecule has 0 radical (unpaired) electrons. The maximum absolute atomic E-state index is 11.9. The maximum Gasteiger partial charge on any atom is 0.317 e. The van der Waals surface area contributed by atoms with Crippen LogP contribution in [0.5, 0.6) is 0 Å². The Balaban J connectivity index is 2.43. The molecule has 1 aromatic rings. The summed E-state index contributed by atoms with van der Waals surface area (Å²) in [4.78, 5) is 22.8. The van der Waals surface area contributed by atoms with E-state index in [0.717, 1.165) is 5.69 Å². The highest BCUT2D eigenvalue weighted by molar-refractivity contribution is 8.01. The van der Waals surface area contributed by atoms with Gasteiger partial charge in [-0.1, -0.05) is 13.8 Å². The number of carbonyl (C=O) groups is 2. The van der Waals surface area contributed by atoms with Gasteiger partial charge < -0.3 is 14.8 Å². The van der Waals surface area contributed by atoms with Crippen molar-refractivity contribution < 1.29 is 14.3 Å². The summed E-state index contributed by atoms with van der Waals surface area (Å²) in [5.74, 6) is 0.0108. The summed E-state index contributed by atoms with van der Waals surface area (Å²) in [5, 5.41) is 3.09. The lowest BCUT2D eigenvalue weighted by Crippen LogP contribution is -2.29. The topological polar surface area (TPSA) is 67.4 Å². The maximum atomic E-state index is 11.9. The fourth-order valence-electron chi connectivity index (χ4n) is 1.36. The molecule has 0 bridgehead atoms. The van der Waals surface area contributed by atoms with Crippen molar-refractivity contribution in [1.82, 2.24) is 5.32 Å². The number of ether oxygens (including phenoxy) is 1. The van der Waals surface area contributed by atoms with Gasteiger partial charge in [-0.2, -0.15) is 0 Å². The normalized spacial score (nSPS) is 10.4. The zero-order chi connectivity index (χ0) is 15.0. The molecule has 110 valence electrons. The molecule has 0 amide bonds. The van der Waals surface area contributed by atoms with Gasteiger partial charge in [-0.15, -0.1) is 0 Å². The third-order valence-corrected chi connectivity index (χ3v) is 3.25. The third kappa shape index (κ3) is 6.08. The number of hydrogen-bond acceptors (Lipinski definition) is 6. The van der Waals surface area contributed by atoms with Crippen molar-refractivity contribution in [3.05, 3.63) is 29.8 Å². The van der Waals surface area contributed by atoms with Gasteiger partial charge in [-0.3, -0.25) is 9.59 Å². The van der Waals surface area contributed by atoms with Crippen molar-refractivity contribution in [1.29, 1.82) is 0 Å². The quantitative estimate of drug-likeness (QED) is 0.435. The Morgan fingerprint density at radius 1 is 1.25 bits per heavy atom. The van der Waals surface area contributed by atoms with Crippen LogP contribution in [0.4, 0.5) is 5.69 Å². The van der Waals surface area contributed by atoms with Crippen LogP contribution in [0, 0.1) is 0 Å². The molecule has 0 heterocycles. The largest absolute Gasteiger partial charge is 0.468 e. The fourth-order valence-corrected chi connectivity index (χ4v) is 1.97. The number of esters is 1. The summed E-state index contributed by atoms with van der Waals surface area (Å²) in [7, 11) is 1.36. The molecule has 0 saturated heterocycles. The molecule has 20 heavy (non-hydrogen) atoms. The molecule has 0 aliphatic rings. The van der Waals surface area contributed by atoms with Crippen molar-refractivity contribution in [3.63, 3.8) is 0 Å². The molecule has 0 saturated carbocycles. The molecule has 1 aromatic carbocycles. The first-order chi connectivity index (χ1) is 9.52. The van der Waals surface area contributed by atoms with Crippen molar-refractivity contribution in [2.75, 3.05) is 24.1 Å². The van der Waals surface area contributed by atoms with Gasteiger partial charge in [-0.05, 0) is 36.2 Å². The highest BCUT2D eigenvalue weighted by atomic mass is 32.2. The summed E-state index contributed by atoms with van der Waals surface area (Å²) in [5.41, 5.74) is 1.51. The van der Waals surface area contributed by atoms with Crippen LogP contribution < -0.4 is 10.0 Å². The summed E-state index contributed by atoms with van der Waals surface area (Å²) in [6, 6.07) is 7.45. The van der Waals surface area contributed by atoms with Crippen molar-refractivity contribution in [3.8, 4) is 0 Å². The van der Waals surface area contributed by atoms with E-state index in [4.69, 9.17) is 0 Å². The molecule has 2 N–H and O–H groups in total. The number of hydrogen-bond donors (Lipinski definition) is 2. The summed E-state index contributed by atoms with van der Waals surface area (Å²) in [6.07, 6.45) is 0. The van der Waals surface area contributed by atoms with E-state index in [1.807, 2.05) is 26.0 Å². The van der Waals surface area contributed by atoms with Crippen LogP contribution in [-0.2, 0) is 9.53 Å². The SMILES string of the molecule is COC(=O)CSNc1ccc(C(=O)CNC(C)C)cc1. The lowest BCUT2D eigenvalue weighted by atomic mass is 10.1. The van der Waals surface area contributed by atoms with Gasteiger partial charge in [0.15, 0.2) is 5.78 Å². The standard InChI is InChI=1S/C14H20N2O3S/c1-10(2)15-8-13(17)11-4-6-12(7-5-11)16-20-9-14(18)19-3/h4-7,10,15-16H,8-9H2,1-3H3. The van der Waals surface area contributed by atoms with E-state index in [1.54, 1.807) is 12.1 Å². The summed E-state index contributed by atoms with van der Waals surface area (Å²) in [6.45, 7) is 4.33. The molecule has 0 unspecified atom stereocenters. The Hall–Kier alpha value is -1.53. The molecule has 6 heteroatoms. The number of ketones is 1. The molecule has 0 atom stereocenters. The first-order valence-corrected chi connectivity index (χ1v) is 7.32. The summed E-state index contributed by atoms with van der Waals surface area (Å²) >= 11 is 1.25. The number of nitrogens with one attached hydrogen (secondary N) is 2. The smallest absolute Gasteiger partial charge is 0.317 e. The van der Waals surface area contributed by atoms with Gasteiger partial charge in [0.25, 0.3) is 0 Å². The van der Waals surface area contributed by atoms with E-state index in [1.165, 1.54) is 19.1 Å². The summed E-state index contributed by atoms with van der Waals surface area (Å²) < 4.78 is 7.55. The first-order valence-electron chi connectivity index (χ1n) is 6.34. The Kier molecular flexibility index (Phi) is 7.11. The van der Waals surface area contributed by atoms with E-state index in [2.05, 4.69) is 14.8 Å². The zero-order valence-electron chi connectivity index (χ0n) is 11.9. The van der Waals surface area contributed by atoms with Crippen LogP contribution in [0.2, 0.25) is 0 Å². The predicted molar refractivity (Wildman–Crippen MR) is 82.0 cm³/mol. The van der Waals surface area contributed by atoms with E-state index in [0.29, 0.717) is 12.1 Å². The predicted octanol–water partition coefficient (Wildman–Crippen LogP) is 2.10. The van der Waals surface area contributed by atoms with E-state index >= 15 is 0 Å². The average molecular weight is 296 g/mol. The molecule has 0 aliphatic heterocycles. The average Bonchev–Trinajstić information content (AvgIpc) is 2.45. The minimum absolute atomic E-state index is 0.0625. The third-order valence-electron chi connectivity index (χ3n) is 2.49. The Morgan fingerprint density at radius 3 is 2.45 bits per heavy atom. The zero-order valence-corrected chi connectivity index (χ0v) is 12.8. The van der Waals surface area contributed by atoms with E-state index < -0.39 is 0 Å². The minimum Gasteiger partial charge on any atom is -0.468 e. The van der Waals surface area contributed by atoms with Crippen LogP contribution in [0.1, 0.15) is 24.2 Å². The molecule has 0 aromatic heterocycles.